The lowest BCUT2D eigenvalue weighted by molar-refractivity contribution is 0.0609. The Morgan fingerprint density at radius 3 is 2.58 bits per heavy atom. The number of hydrogen-bond acceptors (Lipinski definition) is 5. The third-order valence-corrected chi connectivity index (χ3v) is 6.47. The quantitative estimate of drug-likeness (QED) is 0.476. The van der Waals surface area contributed by atoms with E-state index in [1.807, 2.05) is 50.1 Å². The van der Waals surface area contributed by atoms with Gasteiger partial charge in [0.2, 0.25) is 0 Å². The first-order valence-electron chi connectivity index (χ1n) is 12.1. The summed E-state index contributed by atoms with van der Waals surface area (Å²) in [5, 5.41) is 3.64. The van der Waals surface area contributed by atoms with Crippen molar-refractivity contribution in [3.63, 3.8) is 0 Å². The fourth-order valence-corrected chi connectivity index (χ4v) is 4.37. The number of halogens is 1. The van der Waals surface area contributed by atoms with Crippen LogP contribution in [0.15, 0.2) is 67.0 Å². The van der Waals surface area contributed by atoms with E-state index in [-0.39, 0.29) is 24.0 Å². The number of fused-ring (bicyclic) bond motifs is 1. The number of likely N-dealkylation sites (N-methyl/N-ethyl adjacent to an activating group) is 1. The number of anilines is 1. The first kappa shape index (κ1) is 25.7. The van der Waals surface area contributed by atoms with Crippen molar-refractivity contribution in [1.29, 1.82) is 0 Å². The van der Waals surface area contributed by atoms with Gasteiger partial charge in [-0.2, -0.15) is 0 Å². The largest absolute Gasteiger partial charge is 0.484 e. The topological polar surface area (TPSA) is 74.8 Å². The van der Waals surface area contributed by atoms with E-state index in [0.717, 1.165) is 18.0 Å². The first-order chi connectivity index (χ1) is 17.3. The standard InChI is InChI=1S/C28H31ClN4O3/c1-19(2)33-18-23(17-32(3)16-13-20-7-9-22(29)10-8-20)36-26-24(28(33)35)5-4-6-25(26)31-27(34)21-11-14-30-15-12-21/h4-12,14-15,19,23H,13,16-18H2,1-3H3,(H,31,34)/t23-/m1/s1. The zero-order valence-electron chi connectivity index (χ0n) is 20.8. The molecule has 0 spiro atoms. The Hall–Kier alpha value is -3.42. The molecule has 1 N–H and O–H groups in total. The van der Waals surface area contributed by atoms with Crippen molar-refractivity contribution in [2.45, 2.75) is 32.4 Å². The van der Waals surface area contributed by atoms with Crippen molar-refractivity contribution in [1.82, 2.24) is 14.8 Å². The molecule has 0 saturated carbocycles. The van der Waals surface area contributed by atoms with Crippen LogP contribution in [0.1, 0.15) is 40.1 Å². The Morgan fingerprint density at radius 2 is 1.89 bits per heavy atom. The number of hydrogen-bond donors (Lipinski definition) is 1. The molecule has 2 aromatic carbocycles. The van der Waals surface area contributed by atoms with Gasteiger partial charge in [-0.3, -0.25) is 14.6 Å². The fourth-order valence-electron chi connectivity index (χ4n) is 4.24. The van der Waals surface area contributed by atoms with Gasteiger partial charge < -0.3 is 19.9 Å². The number of aromatic nitrogens is 1. The summed E-state index contributed by atoms with van der Waals surface area (Å²) in [6, 6.07) is 16.4. The minimum atomic E-state index is -0.288. The molecule has 188 valence electrons. The summed E-state index contributed by atoms with van der Waals surface area (Å²) in [4.78, 5) is 34.3. The van der Waals surface area contributed by atoms with Gasteiger partial charge >= 0.3 is 0 Å². The number of benzene rings is 2. The molecule has 0 saturated heterocycles. The zero-order valence-corrected chi connectivity index (χ0v) is 21.5. The van der Waals surface area contributed by atoms with Crippen LogP contribution in [0.4, 0.5) is 5.69 Å². The van der Waals surface area contributed by atoms with Crippen LogP contribution in [0.2, 0.25) is 5.02 Å². The molecule has 0 bridgehead atoms. The summed E-state index contributed by atoms with van der Waals surface area (Å²) in [6.07, 6.45) is 3.73. The van der Waals surface area contributed by atoms with E-state index in [1.54, 1.807) is 42.7 Å². The van der Waals surface area contributed by atoms with E-state index in [0.29, 0.717) is 35.7 Å². The molecule has 1 aliphatic rings. The molecule has 2 heterocycles. The molecule has 7 nitrogen and oxygen atoms in total. The van der Waals surface area contributed by atoms with Gasteiger partial charge in [-0.05, 0) is 69.3 Å². The summed E-state index contributed by atoms with van der Waals surface area (Å²) in [7, 11) is 2.05. The van der Waals surface area contributed by atoms with Crippen LogP contribution in [0.25, 0.3) is 0 Å². The number of amides is 2. The van der Waals surface area contributed by atoms with Crippen molar-refractivity contribution < 1.29 is 14.3 Å². The second kappa shape index (κ2) is 11.5. The number of pyridine rings is 1. The molecule has 0 unspecified atom stereocenters. The summed E-state index contributed by atoms with van der Waals surface area (Å²) in [5.41, 5.74) is 2.60. The highest BCUT2D eigenvalue weighted by Gasteiger charge is 2.32. The highest BCUT2D eigenvalue weighted by Crippen LogP contribution is 2.34. The second-order valence-electron chi connectivity index (χ2n) is 9.30. The van der Waals surface area contributed by atoms with Crippen LogP contribution >= 0.6 is 11.6 Å². The molecule has 0 aliphatic carbocycles. The molecule has 3 aromatic rings. The average molecular weight is 507 g/mol. The third-order valence-electron chi connectivity index (χ3n) is 6.22. The van der Waals surface area contributed by atoms with Gasteiger partial charge in [0.15, 0.2) is 5.75 Å². The van der Waals surface area contributed by atoms with Gasteiger partial charge in [0.1, 0.15) is 6.10 Å². The number of nitrogens with zero attached hydrogens (tertiary/aromatic N) is 3. The summed E-state index contributed by atoms with van der Waals surface area (Å²) in [5.74, 6) is 0.0129. The SMILES string of the molecule is CC(C)N1C[C@@H](CN(C)CCc2ccc(Cl)cc2)Oc2c(NC(=O)c3ccncc3)cccc2C1=O. The van der Waals surface area contributed by atoms with E-state index in [9.17, 15) is 9.59 Å². The number of ether oxygens (including phenoxy) is 1. The molecule has 1 aliphatic heterocycles. The van der Waals surface area contributed by atoms with Crippen molar-refractivity contribution in [2.24, 2.45) is 0 Å². The maximum Gasteiger partial charge on any atom is 0.258 e. The second-order valence-corrected chi connectivity index (χ2v) is 9.74. The van der Waals surface area contributed by atoms with E-state index in [2.05, 4.69) is 15.2 Å². The van der Waals surface area contributed by atoms with Crippen LogP contribution in [0.3, 0.4) is 0 Å². The summed E-state index contributed by atoms with van der Waals surface area (Å²) < 4.78 is 6.47. The predicted molar refractivity (Wildman–Crippen MR) is 142 cm³/mol. The minimum absolute atomic E-state index is 0.00369. The van der Waals surface area contributed by atoms with Crippen molar-refractivity contribution in [2.75, 3.05) is 32.0 Å². The first-order valence-corrected chi connectivity index (χ1v) is 12.4. The Bertz CT molecular complexity index is 1200. The molecule has 36 heavy (non-hydrogen) atoms. The Balaban J connectivity index is 1.54. The molecule has 2 amide bonds. The van der Waals surface area contributed by atoms with Crippen LogP contribution in [0, 0.1) is 0 Å². The number of carbonyl (C=O) groups excluding carboxylic acids is 2. The molecule has 0 fully saturated rings. The van der Waals surface area contributed by atoms with E-state index < -0.39 is 0 Å². The number of nitrogens with one attached hydrogen (secondary N) is 1. The minimum Gasteiger partial charge on any atom is -0.484 e. The van der Waals surface area contributed by atoms with Gasteiger partial charge in [0.05, 0.1) is 17.8 Å². The van der Waals surface area contributed by atoms with Crippen LogP contribution < -0.4 is 10.1 Å². The average Bonchev–Trinajstić information content (AvgIpc) is 3.01. The third kappa shape index (κ3) is 6.22. The summed E-state index contributed by atoms with van der Waals surface area (Å²) >= 11 is 6.00. The Labute approximate surface area is 217 Å². The molecule has 1 aromatic heterocycles. The Kier molecular flexibility index (Phi) is 8.23. The van der Waals surface area contributed by atoms with Gasteiger partial charge in [0.25, 0.3) is 11.8 Å². The molecular formula is C28H31ClN4O3. The van der Waals surface area contributed by atoms with Crippen LogP contribution in [0.5, 0.6) is 5.75 Å². The van der Waals surface area contributed by atoms with Crippen molar-refractivity contribution in [3.8, 4) is 5.75 Å². The molecule has 8 heteroatoms. The van der Waals surface area contributed by atoms with Gasteiger partial charge in [-0.25, -0.2) is 0 Å². The molecular weight excluding hydrogens is 476 g/mol. The zero-order chi connectivity index (χ0) is 25.7. The highest BCUT2D eigenvalue weighted by atomic mass is 35.5. The van der Waals surface area contributed by atoms with Gasteiger partial charge in [0, 0.05) is 42.1 Å². The predicted octanol–water partition coefficient (Wildman–Crippen LogP) is 4.77. The highest BCUT2D eigenvalue weighted by molar-refractivity contribution is 6.30. The van der Waals surface area contributed by atoms with E-state index in [4.69, 9.17) is 16.3 Å². The smallest absolute Gasteiger partial charge is 0.258 e. The lowest BCUT2D eigenvalue weighted by Gasteiger charge is -2.30. The molecule has 4 rings (SSSR count). The Morgan fingerprint density at radius 1 is 1.17 bits per heavy atom. The normalized spacial score (nSPS) is 15.4. The molecule has 1 atom stereocenters. The number of rotatable bonds is 8. The van der Waals surface area contributed by atoms with Gasteiger partial charge in [-0.15, -0.1) is 0 Å². The van der Waals surface area contributed by atoms with Crippen molar-refractivity contribution >= 4 is 29.1 Å². The number of para-hydroxylation sites is 1. The summed E-state index contributed by atoms with van der Waals surface area (Å²) in [6.45, 7) is 5.90. The van der Waals surface area contributed by atoms with Gasteiger partial charge in [-0.1, -0.05) is 29.8 Å². The van der Waals surface area contributed by atoms with Crippen LogP contribution in [-0.4, -0.2) is 65.4 Å². The van der Waals surface area contributed by atoms with E-state index in [1.165, 1.54) is 5.56 Å². The lowest BCUT2D eigenvalue weighted by atomic mass is 10.1. The maximum absolute atomic E-state index is 13.5. The van der Waals surface area contributed by atoms with E-state index >= 15 is 0 Å². The van der Waals surface area contributed by atoms with Crippen LogP contribution in [-0.2, 0) is 6.42 Å². The number of carbonyl (C=O) groups is 2. The lowest BCUT2D eigenvalue weighted by Crippen LogP contribution is -2.45. The molecule has 0 radical (unpaired) electrons. The maximum atomic E-state index is 13.5. The monoisotopic (exact) mass is 506 g/mol. The fraction of sp³-hybridized carbons (Fsp3) is 0.321. The van der Waals surface area contributed by atoms with Crippen molar-refractivity contribution in [3.05, 3.63) is 88.7 Å².